The average Bonchev–Trinajstić information content (AvgIpc) is 2.71. The minimum atomic E-state index is -0.287. The molecule has 114 valence electrons. The highest BCUT2D eigenvalue weighted by atomic mass is 32.2. The zero-order valence-electron chi connectivity index (χ0n) is 12.6. The number of imide groups is 1. The molecule has 0 atom stereocenters. The standard InChI is InChI=1S/C15H16N4O2S/c1-9(2)7-19-13(20)11-5-4-10(6-12(11)14(19)21)18-15(22-3)17-8-16/h4-6,9H,7H2,1-3H3,(H,17,18). The molecule has 0 unspecified atom stereocenters. The molecule has 0 fully saturated rings. The van der Waals surface area contributed by atoms with Crippen LogP contribution in [0.4, 0.5) is 5.69 Å². The largest absolute Gasteiger partial charge is 0.274 e. The zero-order valence-corrected chi connectivity index (χ0v) is 13.4. The van der Waals surface area contributed by atoms with Crippen LogP contribution < -0.4 is 5.32 Å². The maximum absolute atomic E-state index is 12.4. The Balaban J connectivity index is 2.35. The van der Waals surface area contributed by atoms with Crippen molar-refractivity contribution in [3.05, 3.63) is 29.3 Å². The summed E-state index contributed by atoms with van der Waals surface area (Å²) in [4.78, 5) is 30.1. The van der Waals surface area contributed by atoms with Crippen LogP contribution in [-0.4, -0.2) is 34.7 Å². The monoisotopic (exact) mass is 316 g/mol. The van der Waals surface area contributed by atoms with Crippen LogP contribution in [0.2, 0.25) is 0 Å². The third-order valence-corrected chi connectivity index (χ3v) is 3.67. The highest BCUT2D eigenvalue weighted by Crippen LogP contribution is 2.28. The summed E-state index contributed by atoms with van der Waals surface area (Å²) in [5.41, 5.74) is 1.30. The first kappa shape index (κ1) is 16.0. The van der Waals surface area contributed by atoms with Gasteiger partial charge in [0.1, 0.15) is 0 Å². The number of nitrogens with one attached hydrogen (secondary N) is 1. The van der Waals surface area contributed by atoms with E-state index in [4.69, 9.17) is 5.26 Å². The number of nitriles is 1. The van der Waals surface area contributed by atoms with Crippen molar-refractivity contribution in [2.45, 2.75) is 13.8 Å². The van der Waals surface area contributed by atoms with Gasteiger partial charge in [0.05, 0.1) is 16.8 Å². The average molecular weight is 316 g/mol. The van der Waals surface area contributed by atoms with Crippen molar-refractivity contribution in [2.24, 2.45) is 10.9 Å². The summed E-state index contributed by atoms with van der Waals surface area (Å²) in [6.45, 7) is 4.31. The Bertz CT molecular complexity index is 691. The number of amidine groups is 1. The van der Waals surface area contributed by atoms with Gasteiger partial charge >= 0.3 is 0 Å². The number of hydrogen-bond acceptors (Lipinski definition) is 5. The number of nitrogens with zero attached hydrogens (tertiary/aromatic N) is 3. The van der Waals surface area contributed by atoms with Gasteiger partial charge < -0.3 is 0 Å². The van der Waals surface area contributed by atoms with E-state index in [-0.39, 0.29) is 17.7 Å². The Labute approximate surface area is 133 Å². The number of benzene rings is 1. The maximum atomic E-state index is 12.4. The second-order valence-corrected chi connectivity index (χ2v) is 6.00. The first-order valence-corrected chi connectivity index (χ1v) is 7.98. The second-order valence-electron chi connectivity index (χ2n) is 5.20. The summed E-state index contributed by atoms with van der Waals surface area (Å²) in [6, 6.07) is 4.86. The number of aliphatic imine (C=N–C) groups is 1. The van der Waals surface area contributed by atoms with Gasteiger partial charge in [0.25, 0.3) is 11.8 Å². The molecule has 22 heavy (non-hydrogen) atoms. The van der Waals surface area contributed by atoms with Crippen LogP contribution in [-0.2, 0) is 0 Å². The lowest BCUT2D eigenvalue weighted by Crippen LogP contribution is -2.33. The molecule has 6 nitrogen and oxygen atoms in total. The van der Waals surface area contributed by atoms with Crippen LogP contribution in [0.3, 0.4) is 0 Å². The SMILES string of the molecule is CSC(=Nc1ccc2c(c1)C(=O)N(CC(C)C)C2=O)NC#N. The molecule has 1 N–H and O–H groups in total. The number of carbonyl (C=O) groups is 2. The summed E-state index contributed by atoms with van der Waals surface area (Å²) in [6.07, 6.45) is 3.59. The third kappa shape index (κ3) is 3.12. The van der Waals surface area contributed by atoms with Gasteiger partial charge in [0.15, 0.2) is 11.4 Å². The van der Waals surface area contributed by atoms with E-state index >= 15 is 0 Å². The predicted molar refractivity (Wildman–Crippen MR) is 86.0 cm³/mol. The minimum Gasteiger partial charge on any atom is -0.274 e. The third-order valence-electron chi connectivity index (χ3n) is 3.09. The van der Waals surface area contributed by atoms with E-state index < -0.39 is 0 Å². The van der Waals surface area contributed by atoms with Crippen LogP contribution in [0.15, 0.2) is 23.2 Å². The van der Waals surface area contributed by atoms with Crippen molar-refractivity contribution in [1.29, 1.82) is 5.26 Å². The van der Waals surface area contributed by atoms with Crippen LogP contribution in [0.25, 0.3) is 0 Å². The van der Waals surface area contributed by atoms with E-state index in [1.165, 1.54) is 16.7 Å². The molecule has 7 heteroatoms. The van der Waals surface area contributed by atoms with Crippen LogP contribution in [0, 0.1) is 17.4 Å². The molecular formula is C15H16N4O2S. The molecule has 0 saturated carbocycles. The molecule has 0 saturated heterocycles. The lowest BCUT2D eigenvalue weighted by molar-refractivity contribution is 0.0636. The summed E-state index contributed by atoms with van der Waals surface area (Å²) in [7, 11) is 0. The summed E-state index contributed by atoms with van der Waals surface area (Å²) >= 11 is 1.29. The molecule has 1 aromatic rings. The van der Waals surface area contributed by atoms with Crippen molar-refractivity contribution >= 4 is 34.4 Å². The van der Waals surface area contributed by atoms with Crippen molar-refractivity contribution in [3.63, 3.8) is 0 Å². The quantitative estimate of drug-likeness (QED) is 0.304. The van der Waals surface area contributed by atoms with E-state index in [9.17, 15) is 9.59 Å². The Hall–Kier alpha value is -2.33. The molecule has 0 aliphatic carbocycles. The normalized spacial score (nSPS) is 14.3. The smallest absolute Gasteiger partial charge is 0.261 e. The molecule has 1 aliphatic heterocycles. The van der Waals surface area contributed by atoms with Crippen LogP contribution in [0.1, 0.15) is 34.6 Å². The number of carbonyl (C=O) groups excluding carboxylic acids is 2. The molecular weight excluding hydrogens is 300 g/mol. The van der Waals surface area contributed by atoms with E-state index in [0.717, 1.165) is 0 Å². The Morgan fingerprint density at radius 2 is 2.05 bits per heavy atom. The molecule has 0 aromatic heterocycles. The molecule has 1 aromatic carbocycles. The molecule has 2 rings (SSSR count). The van der Waals surface area contributed by atoms with Crippen molar-refractivity contribution in [2.75, 3.05) is 12.8 Å². The van der Waals surface area contributed by atoms with Crippen LogP contribution >= 0.6 is 11.8 Å². The number of hydrogen-bond donors (Lipinski definition) is 1. The van der Waals surface area contributed by atoms with Crippen LogP contribution in [0.5, 0.6) is 0 Å². The fraction of sp³-hybridized carbons (Fsp3) is 0.333. The zero-order chi connectivity index (χ0) is 16.3. The molecule has 1 aliphatic rings. The fourth-order valence-corrected chi connectivity index (χ4v) is 2.51. The molecule has 0 bridgehead atoms. The lowest BCUT2D eigenvalue weighted by atomic mass is 10.1. The molecule has 1 heterocycles. The minimum absolute atomic E-state index is 0.211. The van der Waals surface area contributed by atoms with Crippen molar-refractivity contribution in [3.8, 4) is 6.19 Å². The summed E-state index contributed by atoms with van der Waals surface area (Å²) < 4.78 is 0. The number of thioether (sulfide) groups is 1. The first-order valence-electron chi connectivity index (χ1n) is 6.76. The predicted octanol–water partition coefficient (Wildman–Crippen LogP) is 2.36. The highest BCUT2D eigenvalue weighted by Gasteiger charge is 2.35. The number of amides is 2. The van der Waals surface area contributed by atoms with Gasteiger partial charge in [0, 0.05) is 6.54 Å². The fourth-order valence-electron chi connectivity index (χ4n) is 2.17. The van der Waals surface area contributed by atoms with Gasteiger partial charge in [0.2, 0.25) is 0 Å². The molecule has 0 radical (unpaired) electrons. The van der Waals surface area contributed by atoms with Gasteiger partial charge in [-0.15, -0.1) is 0 Å². The van der Waals surface area contributed by atoms with Crippen molar-refractivity contribution in [1.82, 2.24) is 10.2 Å². The van der Waals surface area contributed by atoms with E-state index in [2.05, 4.69) is 10.3 Å². The van der Waals surface area contributed by atoms with E-state index in [1.54, 1.807) is 30.6 Å². The number of rotatable bonds is 3. The van der Waals surface area contributed by atoms with E-state index in [1.807, 2.05) is 13.8 Å². The Kier molecular flexibility index (Phi) is 4.83. The van der Waals surface area contributed by atoms with Gasteiger partial charge in [-0.25, -0.2) is 4.99 Å². The Morgan fingerprint density at radius 3 is 2.64 bits per heavy atom. The van der Waals surface area contributed by atoms with Gasteiger partial charge in [-0.1, -0.05) is 25.6 Å². The van der Waals surface area contributed by atoms with E-state index in [0.29, 0.717) is 28.5 Å². The summed E-state index contributed by atoms with van der Waals surface area (Å²) in [5.74, 6) is -0.336. The molecule has 2 amide bonds. The second kappa shape index (κ2) is 6.62. The molecule has 0 spiro atoms. The first-order chi connectivity index (χ1) is 10.5. The summed E-state index contributed by atoms with van der Waals surface area (Å²) in [5, 5.41) is 11.5. The van der Waals surface area contributed by atoms with Gasteiger partial charge in [-0.05, 0) is 30.4 Å². The van der Waals surface area contributed by atoms with Gasteiger partial charge in [-0.2, -0.15) is 5.26 Å². The highest BCUT2D eigenvalue weighted by molar-refractivity contribution is 8.13. The van der Waals surface area contributed by atoms with Gasteiger partial charge in [-0.3, -0.25) is 19.8 Å². The van der Waals surface area contributed by atoms with Crippen molar-refractivity contribution < 1.29 is 9.59 Å². The Morgan fingerprint density at radius 1 is 1.36 bits per heavy atom. The topological polar surface area (TPSA) is 85.6 Å². The lowest BCUT2D eigenvalue weighted by Gasteiger charge is -2.15. The maximum Gasteiger partial charge on any atom is 0.261 e. The number of fused-ring (bicyclic) bond motifs is 1.